The first-order valence-electron chi connectivity index (χ1n) is 11.3. The molecular weight excluding hydrogens is 436 g/mol. The molecule has 0 heterocycles. The summed E-state index contributed by atoms with van der Waals surface area (Å²) in [6.45, 7) is 1.78. The lowest BCUT2D eigenvalue weighted by Crippen LogP contribution is -2.28. The molecular formula is C30H26N2O3. The Morgan fingerprint density at radius 1 is 0.743 bits per heavy atom. The number of carbonyl (C=O) groups excluding carboxylic acids is 2. The van der Waals surface area contributed by atoms with E-state index >= 15 is 0 Å². The number of anilines is 1. The Morgan fingerprint density at radius 2 is 1.40 bits per heavy atom. The van der Waals surface area contributed by atoms with E-state index in [-0.39, 0.29) is 12.0 Å². The fourth-order valence-corrected chi connectivity index (χ4v) is 3.70. The average Bonchev–Trinajstić information content (AvgIpc) is 2.88. The van der Waals surface area contributed by atoms with Crippen LogP contribution in [0.1, 0.15) is 23.6 Å². The van der Waals surface area contributed by atoms with Crippen molar-refractivity contribution in [2.24, 2.45) is 0 Å². The fourth-order valence-electron chi connectivity index (χ4n) is 3.70. The molecule has 0 unspecified atom stereocenters. The second kappa shape index (κ2) is 11.5. The molecule has 4 aromatic carbocycles. The van der Waals surface area contributed by atoms with Gasteiger partial charge in [0, 0.05) is 19.2 Å². The SMILES string of the molecule is CC(=O)Oc1ccc(/C=C/c2ccccc2-c2ccccc2CNC(=O)Nc2ccccc2)cc1. The summed E-state index contributed by atoms with van der Waals surface area (Å²) >= 11 is 0. The Bertz CT molecular complexity index is 1330. The van der Waals surface area contributed by atoms with Crippen LogP contribution >= 0.6 is 0 Å². The lowest BCUT2D eigenvalue weighted by molar-refractivity contribution is -0.131. The highest BCUT2D eigenvalue weighted by Gasteiger charge is 2.09. The van der Waals surface area contributed by atoms with Crippen LogP contribution in [-0.4, -0.2) is 12.0 Å². The Labute approximate surface area is 205 Å². The van der Waals surface area contributed by atoms with Crippen LogP contribution in [-0.2, 0) is 11.3 Å². The summed E-state index contributed by atoms with van der Waals surface area (Å²) < 4.78 is 5.10. The van der Waals surface area contributed by atoms with Gasteiger partial charge >= 0.3 is 12.0 Å². The minimum atomic E-state index is -0.340. The molecule has 35 heavy (non-hydrogen) atoms. The van der Waals surface area contributed by atoms with Crippen LogP contribution < -0.4 is 15.4 Å². The van der Waals surface area contributed by atoms with Gasteiger partial charge in [-0.15, -0.1) is 0 Å². The molecule has 2 N–H and O–H groups in total. The zero-order valence-electron chi connectivity index (χ0n) is 19.4. The number of hydrogen-bond acceptors (Lipinski definition) is 3. The summed E-state index contributed by atoms with van der Waals surface area (Å²) in [5.41, 5.74) is 5.93. The van der Waals surface area contributed by atoms with Crippen molar-refractivity contribution >= 4 is 29.8 Å². The van der Waals surface area contributed by atoms with Crippen LogP contribution in [0.3, 0.4) is 0 Å². The van der Waals surface area contributed by atoms with Crippen LogP contribution in [0.25, 0.3) is 23.3 Å². The second-order valence-corrected chi connectivity index (χ2v) is 7.91. The van der Waals surface area contributed by atoms with Crippen LogP contribution in [0.5, 0.6) is 5.75 Å². The Kier molecular flexibility index (Phi) is 7.71. The number of para-hydroxylation sites is 1. The lowest BCUT2D eigenvalue weighted by Gasteiger charge is -2.14. The third kappa shape index (κ3) is 6.68. The van der Waals surface area contributed by atoms with E-state index in [4.69, 9.17) is 4.74 Å². The van der Waals surface area contributed by atoms with Crippen molar-refractivity contribution in [3.63, 3.8) is 0 Å². The van der Waals surface area contributed by atoms with Crippen LogP contribution in [0.4, 0.5) is 10.5 Å². The van der Waals surface area contributed by atoms with Gasteiger partial charge in [0.2, 0.25) is 0 Å². The number of esters is 1. The highest BCUT2D eigenvalue weighted by Crippen LogP contribution is 2.29. The van der Waals surface area contributed by atoms with Gasteiger partial charge < -0.3 is 15.4 Å². The standard InChI is InChI=1S/C30H26N2O3/c1-22(33)35-27-19-16-23(17-20-27)15-18-24-9-5-7-13-28(24)29-14-8-6-10-25(29)21-31-30(34)32-26-11-3-2-4-12-26/h2-20H,21H2,1H3,(H2,31,32,34)/b18-15+. The third-order valence-corrected chi connectivity index (χ3v) is 5.34. The second-order valence-electron chi connectivity index (χ2n) is 7.91. The zero-order valence-corrected chi connectivity index (χ0v) is 19.4. The maximum atomic E-state index is 12.4. The number of amides is 2. The number of carbonyl (C=O) groups is 2. The van der Waals surface area contributed by atoms with Crippen LogP contribution in [0.15, 0.2) is 103 Å². The minimum Gasteiger partial charge on any atom is -0.427 e. The van der Waals surface area contributed by atoms with Gasteiger partial charge in [-0.05, 0) is 52.1 Å². The average molecular weight is 463 g/mol. The van der Waals surface area contributed by atoms with Crippen molar-refractivity contribution in [1.82, 2.24) is 5.32 Å². The molecule has 0 radical (unpaired) electrons. The van der Waals surface area contributed by atoms with Crippen molar-refractivity contribution in [2.45, 2.75) is 13.5 Å². The molecule has 0 atom stereocenters. The van der Waals surface area contributed by atoms with Gasteiger partial charge in [0.15, 0.2) is 0 Å². The molecule has 0 aromatic heterocycles. The number of hydrogen-bond donors (Lipinski definition) is 2. The molecule has 2 amide bonds. The Morgan fingerprint density at radius 3 is 2.14 bits per heavy atom. The zero-order chi connectivity index (χ0) is 24.5. The maximum absolute atomic E-state index is 12.4. The molecule has 0 aliphatic rings. The van der Waals surface area contributed by atoms with Gasteiger partial charge in [0.05, 0.1) is 0 Å². The number of urea groups is 1. The van der Waals surface area contributed by atoms with E-state index in [1.54, 1.807) is 12.1 Å². The minimum absolute atomic E-state index is 0.253. The summed E-state index contributed by atoms with van der Waals surface area (Å²) in [6, 6.07) is 32.7. The highest BCUT2D eigenvalue weighted by molar-refractivity contribution is 5.89. The topological polar surface area (TPSA) is 67.4 Å². The normalized spacial score (nSPS) is 10.7. The van der Waals surface area contributed by atoms with Crippen molar-refractivity contribution in [2.75, 3.05) is 5.32 Å². The quantitative estimate of drug-likeness (QED) is 0.181. The van der Waals surface area contributed by atoms with Gasteiger partial charge in [-0.3, -0.25) is 4.79 Å². The molecule has 0 saturated heterocycles. The van der Waals surface area contributed by atoms with Gasteiger partial charge in [-0.25, -0.2) is 4.79 Å². The Hall–Kier alpha value is -4.64. The summed E-state index contributed by atoms with van der Waals surface area (Å²) in [5.74, 6) is 0.181. The van der Waals surface area contributed by atoms with Crippen LogP contribution in [0, 0.1) is 0 Å². The van der Waals surface area contributed by atoms with Crippen molar-refractivity contribution < 1.29 is 14.3 Å². The molecule has 0 saturated carbocycles. The lowest BCUT2D eigenvalue weighted by atomic mass is 9.95. The highest BCUT2D eigenvalue weighted by atomic mass is 16.5. The van der Waals surface area contributed by atoms with Crippen molar-refractivity contribution in [3.05, 3.63) is 120 Å². The number of benzene rings is 4. The predicted octanol–water partition coefficient (Wildman–Crippen LogP) is 6.77. The molecule has 5 nitrogen and oxygen atoms in total. The number of nitrogens with one attached hydrogen (secondary N) is 2. The maximum Gasteiger partial charge on any atom is 0.319 e. The van der Waals surface area contributed by atoms with E-state index in [0.717, 1.165) is 33.5 Å². The van der Waals surface area contributed by atoms with E-state index in [0.29, 0.717) is 12.3 Å². The summed E-state index contributed by atoms with van der Waals surface area (Å²) in [5, 5.41) is 5.80. The smallest absolute Gasteiger partial charge is 0.319 e. The van der Waals surface area contributed by atoms with Crippen molar-refractivity contribution in [3.8, 4) is 16.9 Å². The largest absolute Gasteiger partial charge is 0.427 e. The molecule has 0 fully saturated rings. The summed E-state index contributed by atoms with van der Waals surface area (Å²) in [4.78, 5) is 23.5. The third-order valence-electron chi connectivity index (χ3n) is 5.34. The molecule has 0 spiro atoms. The Balaban J connectivity index is 1.50. The molecule has 5 heteroatoms. The van der Waals surface area contributed by atoms with Gasteiger partial charge in [0.1, 0.15) is 5.75 Å². The molecule has 0 bridgehead atoms. The molecule has 0 aliphatic heterocycles. The molecule has 174 valence electrons. The van der Waals surface area contributed by atoms with E-state index in [1.807, 2.05) is 78.9 Å². The molecule has 4 aromatic rings. The van der Waals surface area contributed by atoms with Gasteiger partial charge in [-0.1, -0.05) is 91.0 Å². The fraction of sp³-hybridized carbons (Fsp3) is 0.0667. The van der Waals surface area contributed by atoms with Gasteiger partial charge in [-0.2, -0.15) is 0 Å². The van der Waals surface area contributed by atoms with E-state index in [2.05, 4.69) is 34.9 Å². The number of rotatable bonds is 7. The number of ether oxygens (including phenoxy) is 1. The summed E-state index contributed by atoms with van der Waals surface area (Å²) in [7, 11) is 0. The van der Waals surface area contributed by atoms with Crippen LogP contribution in [0.2, 0.25) is 0 Å². The van der Waals surface area contributed by atoms with Gasteiger partial charge in [0.25, 0.3) is 0 Å². The van der Waals surface area contributed by atoms with Crippen molar-refractivity contribution in [1.29, 1.82) is 0 Å². The first-order chi connectivity index (χ1) is 17.1. The monoisotopic (exact) mass is 462 g/mol. The predicted molar refractivity (Wildman–Crippen MR) is 141 cm³/mol. The molecule has 4 rings (SSSR count). The van der Waals surface area contributed by atoms with E-state index in [1.165, 1.54) is 6.92 Å². The first-order valence-corrected chi connectivity index (χ1v) is 11.3. The summed E-state index contributed by atoms with van der Waals surface area (Å²) in [6.07, 6.45) is 4.08. The van der Waals surface area contributed by atoms with E-state index in [9.17, 15) is 9.59 Å². The van der Waals surface area contributed by atoms with E-state index < -0.39 is 0 Å². The first kappa shape index (κ1) is 23.5. The molecule has 0 aliphatic carbocycles.